The molecule has 0 spiro atoms. The van der Waals surface area contributed by atoms with Gasteiger partial charge < -0.3 is 10.6 Å². The maximum absolute atomic E-state index is 12.5. The molecule has 0 saturated carbocycles. The molecule has 1 aromatic carbocycles. The van der Waals surface area contributed by atoms with Crippen LogP contribution in [-0.4, -0.2) is 69.7 Å². The maximum atomic E-state index is 12.5. The van der Waals surface area contributed by atoms with Crippen LogP contribution in [0.2, 0.25) is 0 Å². The number of benzene rings is 1. The highest BCUT2D eigenvalue weighted by Crippen LogP contribution is 2.24. The average molecular weight is 423 g/mol. The Kier molecular flexibility index (Phi) is 7.13. The smallest absolute Gasteiger partial charge is 0.251 e. The van der Waals surface area contributed by atoms with E-state index in [2.05, 4.69) is 15.5 Å². The summed E-state index contributed by atoms with van der Waals surface area (Å²) in [6.45, 7) is 5.17. The first-order valence-electron chi connectivity index (χ1n) is 10.3. The Bertz CT molecular complexity index is 817. The summed E-state index contributed by atoms with van der Waals surface area (Å²) in [4.78, 5) is 26.5. The average Bonchev–Trinajstić information content (AvgIpc) is 3.07. The molecule has 0 bridgehead atoms. The molecule has 0 radical (unpaired) electrons. The van der Waals surface area contributed by atoms with Gasteiger partial charge in [0.2, 0.25) is 15.9 Å². The molecule has 2 N–H and O–H groups in total. The number of rotatable bonds is 7. The second kappa shape index (κ2) is 9.58. The largest absolute Gasteiger partial charge is 0.355 e. The minimum Gasteiger partial charge on any atom is -0.355 e. The van der Waals surface area contributed by atoms with Gasteiger partial charge in [0.1, 0.15) is 0 Å². The molecule has 8 nitrogen and oxygen atoms in total. The third kappa shape index (κ3) is 5.70. The van der Waals surface area contributed by atoms with Crippen molar-refractivity contribution in [1.29, 1.82) is 0 Å². The van der Waals surface area contributed by atoms with E-state index < -0.39 is 10.0 Å². The number of anilines is 1. The zero-order chi connectivity index (χ0) is 20.9. The zero-order valence-corrected chi connectivity index (χ0v) is 17.7. The maximum Gasteiger partial charge on any atom is 0.251 e. The van der Waals surface area contributed by atoms with Gasteiger partial charge in [-0.25, -0.2) is 8.42 Å². The van der Waals surface area contributed by atoms with Gasteiger partial charge >= 0.3 is 0 Å². The Morgan fingerprint density at radius 3 is 2.38 bits per heavy atom. The number of likely N-dealkylation sites (tertiary alicyclic amines) is 1. The number of carbonyl (C=O) groups is 2. The molecule has 160 valence electrons. The van der Waals surface area contributed by atoms with Crippen LogP contribution in [0.1, 0.15) is 43.0 Å². The van der Waals surface area contributed by atoms with Crippen molar-refractivity contribution in [2.45, 2.75) is 38.6 Å². The highest BCUT2D eigenvalue weighted by Gasteiger charge is 2.28. The van der Waals surface area contributed by atoms with Crippen molar-refractivity contribution < 1.29 is 18.0 Å². The molecule has 2 amide bonds. The molecule has 9 heteroatoms. The summed E-state index contributed by atoms with van der Waals surface area (Å²) in [5, 5.41) is 5.93. The predicted octanol–water partition coefficient (Wildman–Crippen LogP) is 0.947. The van der Waals surface area contributed by atoms with Crippen molar-refractivity contribution in [3.05, 3.63) is 29.8 Å². The van der Waals surface area contributed by atoms with Gasteiger partial charge in [0.05, 0.1) is 18.0 Å². The fourth-order valence-electron chi connectivity index (χ4n) is 3.74. The summed E-state index contributed by atoms with van der Waals surface area (Å²) in [5.74, 6) is 0.0724. The summed E-state index contributed by atoms with van der Waals surface area (Å²) in [6.07, 6.45) is 3.16. The number of nitrogens with zero attached hydrogens (tertiary/aromatic N) is 2. The van der Waals surface area contributed by atoms with Crippen LogP contribution < -0.4 is 14.9 Å². The van der Waals surface area contributed by atoms with Crippen LogP contribution in [0.4, 0.5) is 5.69 Å². The Labute approximate surface area is 172 Å². The van der Waals surface area contributed by atoms with E-state index in [-0.39, 0.29) is 23.6 Å². The van der Waals surface area contributed by atoms with Crippen molar-refractivity contribution in [1.82, 2.24) is 15.5 Å². The fraction of sp³-hybridized carbons (Fsp3) is 0.600. The molecule has 2 heterocycles. The lowest BCUT2D eigenvalue weighted by atomic mass is 10.0. The van der Waals surface area contributed by atoms with Gasteiger partial charge in [-0.2, -0.15) is 0 Å². The standard InChI is InChI=1S/C20H30N4O4S/c1-2-10-21-19(25)15-23-12-8-17(9-13-23)22-20(26)16-4-6-18(7-5-16)24-11-3-14-29(24,27)28/h4-7,17H,2-3,8-15H2,1H3,(H,21,25)(H,22,26). The topological polar surface area (TPSA) is 98.8 Å². The third-order valence-corrected chi connectivity index (χ3v) is 7.25. The number of amides is 2. The normalized spacial score (nSPS) is 19.8. The molecule has 0 aromatic heterocycles. The molecule has 0 atom stereocenters. The lowest BCUT2D eigenvalue weighted by Crippen LogP contribution is -2.47. The Balaban J connectivity index is 1.47. The van der Waals surface area contributed by atoms with Gasteiger partial charge in [0.15, 0.2) is 0 Å². The monoisotopic (exact) mass is 422 g/mol. The quantitative estimate of drug-likeness (QED) is 0.682. The van der Waals surface area contributed by atoms with Crippen LogP contribution in [0, 0.1) is 0 Å². The Morgan fingerprint density at radius 2 is 1.79 bits per heavy atom. The van der Waals surface area contributed by atoms with Crippen LogP contribution in [0.5, 0.6) is 0 Å². The Hall–Kier alpha value is -2.13. The molecule has 0 unspecified atom stereocenters. The van der Waals surface area contributed by atoms with Crippen molar-refractivity contribution in [2.24, 2.45) is 0 Å². The first-order valence-corrected chi connectivity index (χ1v) is 11.9. The minimum absolute atomic E-state index is 0.0504. The predicted molar refractivity (Wildman–Crippen MR) is 112 cm³/mol. The summed E-state index contributed by atoms with van der Waals surface area (Å²) in [6, 6.07) is 6.80. The molecule has 3 rings (SSSR count). The van der Waals surface area contributed by atoms with Crippen molar-refractivity contribution in [2.75, 3.05) is 42.8 Å². The molecular formula is C20H30N4O4S. The van der Waals surface area contributed by atoms with E-state index >= 15 is 0 Å². The zero-order valence-electron chi connectivity index (χ0n) is 16.9. The minimum atomic E-state index is -3.22. The van der Waals surface area contributed by atoms with Crippen molar-refractivity contribution in [3.63, 3.8) is 0 Å². The van der Waals surface area contributed by atoms with Crippen molar-refractivity contribution in [3.8, 4) is 0 Å². The van der Waals surface area contributed by atoms with Gasteiger partial charge in [0.25, 0.3) is 5.91 Å². The number of piperidine rings is 1. The second-order valence-electron chi connectivity index (χ2n) is 7.66. The van der Waals surface area contributed by atoms with Gasteiger partial charge in [-0.05, 0) is 49.9 Å². The first-order chi connectivity index (χ1) is 13.9. The third-order valence-electron chi connectivity index (χ3n) is 5.38. The fourth-order valence-corrected chi connectivity index (χ4v) is 5.30. The highest BCUT2D eigenvalue weighted by atomic mass is 32.2. The molecular weight excluding hydrogens is 392 g/mol. The lowest BCUT2D eigenvalue weighted by Gasteiger charge is -2.31. The van der Waals surface area contributed by atoms with E-state index in [1.807, 2.05) is 6.92 Å². The van der Waals surface area contributed by atoms with Gasteiger partial charge in [-0.1, -0.05) is 6.92 Å². The van der Waals surface area contributed by atoms with Gasteiger partial charge in [-0.3, -0.25) is 18.8 Å². The number of carbonyl (C=O) groups excluding carboxylic acids is 2. The second-order valence-corrected chi connectivity index (χ2v) is 9.68. The van der Waals surface area contributed by atoms with Gasteiger partial charge in [0, 0.05) is 37.8 Å². The van der Waals surface area contributed by atoms with Crippen LogP contribution in [0.25, 0.3) is 0 Å². The molecule has 29 heavy (non-hydrogen) atoms. The highest BCUT2D eigenvalue weighted by molar-refractivity contribution is 7.93. The molecule has 0 aliphatic carbocycles. The van der Waals surface area contributed by atoms with Crippen LogP contribution in [-0.2, 0) is 14.8 Å². The molecule has 1 aromatic rings. The SMILES string of the molecule is CCCNC(=O)CN1CCC(NC(=O)c2ccc(N3CCCS3(=O)=O)cc2)CC1. The van der Waals surface area contributed by atoms with E-state index in [4.69, 9.17) is 0 Å². The van der Waals surface area contributed by atoms with E-state index in [1.165, 1.54) is 4.31 Å². The number of sulfonamides is 1. The number of hydrogen-bond acceptors (Lipinski definition) is 5. The summed E-state index contributed by atoms with van der Waals surface area (Å²) in [5.41, 5.74) is 1.13. The van der Waals surface area contributed by atoms with E-state index in [0.29, 0.717) is 37.3 Å². The van der Waals surface area contributed by atoms with Crippen molar-refractivity contribution >= 4 is 27.5 Å². The molecule has 2 aliphatic rings. The summed E-state index contributed by atoms with van der Waals surface area (Å²) >= 11 is 0. The van der Waals surface area contributed by atoms with Crippen LogP contribution in [0.3, 0.4) is 0 Å². The van der Waals surface area contributed by atoms with E-state index in [9.17, 15) is 18.0 Å². The molecule has 2 aliphatic heterocycles. The lowest BCUT2D eigenvalue weighted by molar-refractivity contribution is -0.122. The summed E-state index contributed by atoms with van der Waals surface area (Å²) in [7, 11) is -3.22. The number of hydrogen-bond donors (Lipinski definition) is 2. The van der Waals surface area contributed by atoms with Crippen LogP contribution >= 0.6 is 0 Å². The van der Waals surface area contributed by atoms with Gasteiger partial charge in [-0.15, -0.1) is 0 Å². The molecule has 2 saturated heterocycles. The summed E-state index contributed by atoms with van der Waals surface area (Å²) < 4.78 is 25.4. The van der Waals surface area contributed by atoms with Crippen LogP contribution in [0.15, 0.2) is 24.3 Å². The molecule has 2 fully saturated rings. The number of nitrogens with one attached hydrogen (secondary N) is 2. The first kappa shape index (κ1) is 21.6. The Morgan fingerprint density at radius 1 is 1.10 bits per heavy atom. The van der Waals surface area contributed by atoms with E-state index in [1.54, 1.807) is 24.3 Å². The van der Waals surface area contributed by atoms with E-state index in [0.717, 1.165) is 32.4 Å².